The zero-order valence-corrected chi connectivity index (χ0v) is 14.0. The van der Waals surface area contributed by atoms with E-state index in [4.69, 9.17) is 4.74 Å². The number of nitrogens with one attached hydrogen (secondary N) is 1. The second-order valence-electron chi connectivity index (χ2n) is 5.65. The highest BCUT2D eigenvalue weighted by Crippen LogP contribution is 2.23. The minimum atomic E-state index is -0.199. The number of pyridine rings is 1. The molecule has 1 N–H and O–H groups in total. The average Bonchev–Trinajstić information content (AvgIpc) is 3.01. The van der Waals surface area contributed by atoms with Crippen LogP contribution in [0.2, 0.25) is 0 Å². The van der Waals surface area contributed by atoms with Crippen LogP contribution in [0.5, 0.6) is 5.75 Å². The van der Waals surface area contributed by atoms with E-state index in [-0.39, 0.29) is 18.5 Å². The molecule has 1 aromatic heterocycles. The van der Waals surface area contributed by atoms with Crippen LogP contribution in [0.25, 0.3) is 0 Å². The molecular weight excluding hydrogens is 320 g/mol. The lowest BCUT2D eigenvalue weighted by Gasteiger charge is -2.18. The fourth-order valence-corrected chi connectivity index (χ4v) is 2.65. The predicted molar refractivity (Wildman–Crippen MR) is 93.4 cm³/mol. The number of rotatable bonds is 6. The van der Waals surface area contributed by atoms with Gasteiger partial charge in [0.05, 0.1) is 19.3 Å². The summed E-state index contributed by atoms with van der Waals surface area (Å²) in [6.45, 7) is 1.46. The van der Waals surface area contributed by atoms with Crippen LogP contribution in [0.4, 0.5) is 10.5 Å². The molecule has 3 amide bonds. The first-order valence-electron chi connectivity index (χ1n) is 8.04. The molecule has 1 saturated heterocycles. The van der Waals surface area contributed by atoms with Crippen molar-refractivity contribution in [2.45, 2.75) is 6.54 Å². The summed E-state index contributed by atoms with van der Waals surface area (Å²) in [5.74, 6) is 0.539. The molecule has 0 atom stereocenters. The van der Waals surface area contributed by atoms with Crippen molar-refractivity contribution >= 4 is 17.6 Å². The third-order valence-electron chi connectivity index (χ3n) is 4.01. The molecule has 0 aliphatic carbocycles. The van der Waals surface area contributed by atoms with E-state index in [1.54, 1.807) is 18.2 Å². The Morgan fingerprint density at radius 3 is 2.68 bits per heavy atom. The smallest absolute Gasteiger partial charge is 0.325 e. The molecule has 2 aromatic rings. The molecule has 1 aliphatic rings. The van der Waals surface area contributed by atoms with Crippen LogP contribution in [-0.2, 0) is 11.3 Å². The molecule has 7 nitrogen and oxygen atoms in total. The van der Waals surface area contributed by atoms with Gasteiger partial charge in [0.15, 0.2) is 0 Å². The Kier molecular flexibility index (Phi) is 5.13. The van der Waals surface area contributed by atoms with Gasteiger partial charge < -0.3 is 15.0 Å². The number of carbonyl (C=O) groups is 2. The molecule has 1 fully saturated rings. The van der Waals surface area contributed by atoms with Crippen molar-refractivity contribution in [1.82, 2.24) is 15.2 Å². The molecule has 1 aromatic carbocycles. The number of amides is 3. The van der Waals surface area contributed by atoms with Gasteiger partial charge in [-0.3, -0.25) is 14.7 Å². The van der Waals surface area contributed by atoms with E-state index < -0.39 is 0 Å². The molecular formula is C18H20N4O3. The van der Waals surface area contributed by atoms with Gasteiger partial charge in [-0.25, -0.2) is 4.79 Å². The molecule has 3 rings (SSSR count). The summed E-state index contributed by atoms with van der Waals surface area (Å²) >= 11 is 0. The Morgan fingerprint density at radius 1 is 1.20 bits per heavy atom. The molecule has 0 unspecified atom stereocenters. The average molecular weight is 340 g/mol. The van der Waals surface area contributed by atoms with Crippen molar-refractivity contribution in [3.8, 4) is 5.75 Å². The Morgan fingerprint density at radius 2 is 2.00 bits per heavy atom. The topological polar surface area (TPSA) is 74.8 Å². The van der Waals surface area contributed by atoms with Crippen molar-refractivity contribution < 1.29 is 14.3 Å². The first-order valence-corrected chi connectivity index (χ1v) is 8.04. The fourth-order valence-electron chi connectivity index (χ4n) is 2.65. The van der Waals surface area contributed by atoms with E-state index >= 15 is 0 Å². The fraction of sp³-hybridized carbons (Fsp3) is 0.278. The summed E-state index contributed by atoms with van der Waals surface area (Å²) in [4.78, 5) is 31.9. The summed E-state index contributed by atoms with van der Waals surface area (Å²) in [5, 5.41) is 2.79. The van der Waals surface area contributed by atoms with Gasteiger partial charge in [0, 0.05) is 25.0 Å². The first-order chi connectivity index (χ1) is 12.2. The number of carbonyl (C=O) groups excluding carboxylic acids is 2. The van der Waals surface area contributed by atoms with Crippen molar-refractivity contribution in [1.29, 1.82) is 0 Å². The molecule has 130 valence electrons. The van der Waals surface area contributed by atoms with E-state index in [1.807, 2.05) is 42.5 Å². The number of benzene rings is 1. The van der Waals surface area contributed by atoms with E-state index in [1.165, 1.54) is 4.90 Å². The van der Waals surface area contributed by atoms with Crippen molar-refractivity contribution in [2.75, 3.05) is 31.6 Å². The number of methoxy groups -OCH3 is 1. The molecule has 0 spiro atoms. The molecule has 7 heteroatoms. The van der Waals surface area contributed by atoms with Gasteiger partial charge in [-0.1, -0.05) is 6.07 Å². The molecule has 25 heavy (non-hydrogen) atoms. The highest BCUT2D eigenvalue weighted by molar-refractivity contribution is 5.96. The van der Waals surface area contributed by atoms with Crippen LogP contribution < -0.4 is 15.0 Å². The summed E-state index contributed by atoms with van der Waals surface area (Å²) in [7, 11) is 1.60. The summed E-state index contributed by atoms with van der Waals surface area (Å²) in [6, 6.07) is 12.6. The van der Waals surface area contributed by atoms with Crippen LogP contribution >= 0.6 is 0 Å². The maximum Gasteiger partial charge on any atom is 0.325 e. The lowest BCUT2D eigenvalue weighted by Crippen LogP contribution is -2.39. The largest absolute Gasteiger partial charge is 0.497 e. The maximum atomic E-state index is 12.5. The number of urea groups is 1. The van der Waals surface area contributed by atoms with Crippen molar-refractivity contribution in [2.24, 2.45) is 0 Å². The third kappa shape index (κ3) is 4.06. The van der Waals surface area contributed by atoms with Crippen molar-refractivity contribution in [3.05, 3.63) is 54.4 Å². The third-order valence-corrected chi connectivity index (χ3v) is 4.01. The minimum absolute atomic E-state index is 0.0400. The number of hydrogen-bond acceptors (Lipinski definition) is 4. The Bertz CT molecular complexity index is 734. The summed E-state index contributed by atoms with van der Waals surface area (Å²) in [6.07, 6.45) is 1.68. The van der Waals surface area contributed by atoms with Crippen LogP contribution in [0.15, 0.2) is 48.7 Å². The molecule has 0 radical (unpaired) electrons. The zero-order chi connectivity index (χ0) is 17.6. The second-order valence-corrected chi connectivity index (χ2v) is 5.65. The highest BCUT2D eigenvalue weighted by atomic mass is 16.5. The van der Waals surface area contributed by atoms with Gasteiger partial charge in [0.25, 0.3) is 0 Å². The number of nitrogens with zero attached hydrogens (tertiary/aromatic N) is 3. The van der Waals surface area contributed by atoms with E-state index in [2.05, 4.69) is 10.3 Å². The Hall–Kier alpha value is -3.09. The van der Waals surface area contributed by atoms with Crippen molar-refractivity contribution in [3.63, 3.8) is 0 Å². The number of ether oxygens (including phenoxy) is 1. The second kappa shape index (κ2) is 7.65. The highest BCUT2D eigenvalue weighted by Gasteiger charge is 2.30. The van der Waals surface area contributed by atoms with Crippen LogP contribution in [0, 0.1) is 0 Å². The van der Waals surface area contributed by atoms with E-state index in [0.717, 1.165) is 17.1 Å². The standard InChI is InChI=1S/C18H20N4O3/c1-25-16-7-5-15(6-8-16)22-11-10-21(18(22)24)13-17(23)20-12-14-4-2-3-9-19-14/h2-9H,10-13H2,1H3,(H,20,23). The summed E-state index contributed by atoms with van der Waals surface area (Å²) < 4.78 is 5.12. The summed E-state index contributed by atoms with van der Waals surface area (Å²) in [5.41, 5.74) is 1.57. The van der Waals surface area contributed by atoms with Crippen LogP contribution in [0.3, 0.4) is 0 Å². The molecule has 0 saturated carbocycles. The zero-order valence-electron chi connectivity index (χ0n) is 14.0. The van der Waals surface area contributed by atoms with E-state index in [9.17, 15) is 9.59 Å². The van der Waals surface area contributed by atoms with Gasteiger partial charge in [-0.2, -0.15) is 0 Å². The Balaban J connectivity index is 1.53. The lowest BCUT2D eigenvalue weighted by atomic mass is 10.3. The van der Waals surface area contributed by atoms with E-state index in [0.29, 0.717) is 19.6 Å². The minimum Gasteiger partial charge on any atom is -0.497 e. The Labute approximate surface area is 146 Å². The van der Waals surface area contributed by atoms with Gasteiger partial charge in [-0.05, 0) is 36.4 Å². The maximum absolute atomic E-state index is 12.5. The van der Waals surface area contributed by atoms with Gasteiger partial charge in [0.2, 0.25) is 5.91 Å². The van der Waals surface area contributed by atoms with Crippen LogP contribution in [0.1, 0.15) is 5.69 Å². The number of hydrogen-bond donors (Lipinski definition) is 1. The SMILES string of the molecule is COc1ccc(N2CCN(CC(=O)NCc3ccccn3)C2=O)cc1. The van der Waals surface area contributed by atoms with Gasteiger partial charge in [0.1, 0.15) is 12.3 Å². The molecule has 0 bridgehead atoms. The lowest BCUT2D eigenvalue weighted by molar-refractivity contribution is -0.121. The molecule has 2 heterocycles. The quantitative estimate of drug-likeness (QED) is 0.868. The number of aromatic nitrogens is 1. The predicted octanol–water partition coefficient (Wildman–Crippen LogP) is 1.65. The van der Waals surface area contributed by atoms with Gasteiger partial charge >= 0.3 is 6.03 Å². The van der Waals surface area contributed by atoms with Gasteiger partial charge in [-0.15, -0.1) is 0 Å². The van der Waals surface area contributed by atoms with Crippen LogP contribution in [-0.4, -0.2) is 48.6 Å². The monoisotopic (exact) mass is 340 g/mol. The number of anilines is 1. The molecule has 1 aliphatic heterocycles. The normalized spacial score (nSPS) is 13.9. The first kappa shape index (κ1) is 16.8.